The molecule has 3 fully saturated rings. The van der Waals surface area contributed by atoms with E-state index in [9.17, 15) is 13.2 Å². The molecule has 1 N–H and O–H groups in total. The molecule has 1 saturated heterocycles. The topological polar surface area (TPSA) is 75.7 Å². The van der Waals surface area contributed by atoms with E-state index in [1.165, 1.54) is 16.8 Å². The number of rotatable bonds is 4. The van der Waals surface area contributed by atoms with Gasteiger partial charge in [-0.1, -0.05) is 26.8 Å². The van der Waals surface area contributed by atoms with Crippen LogP contribution in [0.3, 0.4) is 0 Å². The maximum absolute atomic E-state index is 13.1. The van der Waals surface area contributed by atoms with Gasteiger partial charge in [-0.3, -0.25) is 4.79 Å². The second-order valence-electron chi connectivity index (χ2n) is 9.82. The summed E-state index contributed by atoms with van der Waals surface area (Å²) in [4.78, 5) is 13.3. The Bertz CT molecular complexity index is 916. The van der Waals surface area contributed by atoms with E-state index in [0.717, 1.165) is 12.8 Å². The Labute approximate surface area is 174 Å². The van der Waals surface area contributed by atoms with Gasteiger partial charge in [0.15, 0.2) is 0 Å². The Morgan fingerprint density at radius 2 is 1.90 bits per heavy atom. The summed E-state index contributed by atoms with van der Waals surface area (Å²) >= 11 is 0. The predicted octanol–water partition coefficient (Wildman–Crippen LogP) is 2.96. The number of aryl methyl sites for hydroxylation is 1. The minimum absolute atomic E-state index is 0.0517. The summed E-state index contributed by atoms with van der Waals surface area (Å²) in [6.45, 7) is 10.0. The largest absolute Gasteiger partial charge is 0.379 e. The van der Waals surface area contributed by atoms with Crippen molar-refractivity contribution in [3.63, 3.8) is 0 Å². The standard InChI is InChI=1S/C22H32N2O4S/c1-15-5-6-16(13-18(15)29(26,27)24-9-11-28-12-10-24)19(25)23-20-21(2,3)17-7-8-22(20,4)14-17/h5-6,13,17,20H,7-12,14H2,1-4H3,(H,23,25)/t17-,20?,22+/m1/s1. The van der Waals surface area contributed by atoms with Crippen LogP contribution in [-0.4, -0.2) is 51.0 Å². The fraction of sp³-hybridized carbons (Fsp3) is 0.682. The zero-order valence-corrected chi connectivity index (χ0v) is 18.6. The van der Waals surface area contributed by atoms with Crippen LogP contribution in [0.15, 0.2) is 23.1 Å². The lowest BCUT2D eigenvalue weighted by Gasteiger charge is -2.43. The first kappa shape index (κ1) is 20.8. The van der Waals surface area contributed by atoms with Crippen molar-refractivity contribution in [1.29, 1.82) is 0 Å². The number of benzene rings is 1. The molecule has 2 aliphatic carbocycles. The number of hydrogen-bond acceptors (Lipinski definition) is 4. The highest BCUT2D eigenvalue weighted by Gasteiger charge is 2.59. The molecule has 29 heavy (non-hydrogen) atoms. The smallest absolute Gasteiger partial charge is 0.251 e. The molecule has 3 atom stereocenters. The first-order valence-corrected chi connectivity index (χ1v) is 12.0. The molecule has 0 radical (unpaired) electrons. The van der Waals surface area contributed by atoms with Crippen LogP contribution in [0.5, 0.6) is 0 Å². The van der Waals surface area contributed by atoms with Crippen molar-refractivity contribution in [1.82, 2.24) is 9.62 Å². The van der Waals surface area contributed by atoms with E-state index in [4.69, 9.17) is 4.74 Å². The quantitative estimate of drug-likeness (QED) is 0.813. The number of amides is 1. The molecule has 3 aliphatic rings. The average molecular weight is 421 g/mol. The Balaban J connectivity index is 1.60. The molecule has 4 rings (SSSR count). The van der Waals surface area contributed by atoms with Crippen LogP contribution in [0.1, 0.15) is 56.0 Å². The van der Waals surface area contributed by atoms with E-state index < -0.39 is 10.0 Å². The molecule has 7 heteroatoms. The zero-order chi connectivity index (χ0) is 21.0. The van der Waals surface area contributed by atoms with E-state index in [1.54, 1.807) is 19.1 Å². The number of carbonyl (C=O) groups excluding carboxylic acids is 1. The summed E-state index contributed by atoms with van der Waals surface area (Å²) in [5.41, 5.74) is 1.23. The van der Waals surface area contributed by atoms with Gasteiger partial charge in [-0.25, -0.2) is 8.42 Å². The summed E-state index contributed by atoms with van der Waals surface area (Å²) in [7, 11) is -3.65. The zero-order valence-electron chi connectivity index (χ0n) is 17.8. The normalized spacial score (nSPS) is 31.7. The number of hydrogen-bond donors (Lipinski definition) is 1. The molecular formula is C22H32N2O4S. The van der Waals surface area contributed by atoms with Gasteiger partial charge < -0.3 is 10.1 Å². The number of fused-ring (bicyclic) bond motifs is 2. The van der Waals surface area contributed by atoms with Crippen molar-refractivity contribution in [2.24, 2.45) is 16.7 Å². The number of morpholine rings is 1. The highest BCUT2D eigenvalue weighted by Crippen LogP contribution is 2.62. The molecule has 2 saturated carbocycles. The number of sulfonamides is 1. The van der Waals surface area contributed by atoms with Crippen molar-refractivity contribution in [2.75, 3.05) is 26.3 Å². The summed E-state index contributed by atoms with van der Waals surface area (Å²) < 4.78 is 33.0. The molecule has 1 aromatic carbocycles. The van der Waals surface area contributed by atoms with Crippen LogP contribution in [0, 0.1) is 23.7 Å². The van der Waals surface area contributed by atoms with Crippen LogP contribution in [0.25, 0.3) is 0 Å². The molecule has 0 spiro atoms. The Morgan fingerprint density at radius 3 is 2.52 bits per heavy atom. The second-order valence-corrected chi connectivity index (χ2v) is 11.7. The lowest BCUT2D eigenvalue weighted by molar-refractivity contribution is 0.0728. The highest BCUT2D eigenvalue weighted by atomic mass is 32.2. The van der Waals surface area contributed by atoms with Gasteiger partial charge in [-0.2, -0.15) is 4.31 Å². The molecule has 1 aromatic rings. The molecular weight excluding hydrogens is 388 g/mol. The van der Waals surface area contributed by atoms with Crippen molar-refractivity contribution < 1.29 is 17.9 Å². The van der Waals surface area contributed by atoms with Crippen LogP contribution >= 0.6 is 0 Å². The molecule has 160 valence electrons. The monoisotopic (exact) mass is 420 g/mol. The van der Waals surface area contributed by atoms with Gasteiger partial charge in [-0.15, -0.1) is 0 Å². The van der Waals surface area contributed by atoms with Gasteiger partial charge in [0.05, 0.1) is 18.1 Å². The third kappa shape index (κ3) is 3.41. The fourth-order valence-electron chi connectivity index (χ4n) is 5.82. The van der Waals surface area contributed by atoms with Crippen LogP contribution in [0.4, 0.5) is 0 Å². The number of nitrogens with one attached hydrogen (secondary N) is 1. The highest BCUT2D eigenvalue weighted by molar-refractivity contribution is 7.89. The number of ether oxygens (including phenoxy) is 1. The number of nitrogens with zero attached hydrogens (tertiary/aromatic N) is 1. The first-order chi connectivity index (χ1) is 13.6. The van der Waals surface area contributed by atoms with Gasteiger partial charge in [0.2, 0.25) is 10.0 Å². The van der Waals surface area contributed by atoms with E-state index >= 15 is 0 Å². The minimum Gasteiger partial charge on any atom is -0.379 e. The second kappa shape index (κ2) is 7.06. The lowest BCUT2D eigenvalue weighted by Crippen LogP contribution is -2.52. The molecule has 1 heterocycles. The van der Waals surface area contributed by atoms with Crippen LogP contribution in [0.2, 0.25) is 0 Å². The maximum Gasteiger partial charge on any atom is 0.251 e. The summed E-state index contributed by atoms with van der Waals surface area (Å²) in [6.07, 6.45) is 3.51. The Morgan fingerprint density at radius 1 is 1.21 bits per heavy atom. The average Bonchev–Trinajstić information content (AvgIpc) is 3.17. The van der Waals surface area contributed by atoms with Gasteiger partial charge in [-0.05, 0) is 60.6 Å². The number of carbonyl (C=O) groups is 1. The van der Waals surface area contributed by atoms with Gasteiger partial charge >= 0.3 is 0 Å². The third-order valence-corrected chi connectivity index (χ3v) is 9.62. The maximum atomic E-state index is 13.1. The fourth-order valence-corrected chi connectivity index (χ4v) is 7.48. The van der Waals surface area contributed by atoms with E-state index in [2.05, 4.69) is 26.1 Å². The van der Waals surface area contributed by atoms with Crippen LogP contribution in [-0.2, 0) is 14.8 Å². The van der Waals surface area contributed by atoms with Gasteiger partial charge in [0, 0.05) is 24.7 Å². The molecule has 1 amide bonds. The third-order valence-electron chi connectivity index (χ3n) is 7.58. The predicted molar refractivity (Wildman–Crippen MR) is 111 cm³/mol. The minimum atomic E-state index is -3.65. The summed E-state index contributed by atoms with van der Waals surface area (Å²) in [5, 5.41) is 3.27. The van der Waals surface area contributed by atoms with E-state index in [-0.39, 0.29) is 27.7 Å². The molecule has 0 aromatic heterocycles. The van der Waals surface area contributed by atoms with Crippen molar-refractivity contribution in [3.05, 3.63) is 29.3 Å². The van der Waals surface area contributed by atoms with E-state index in [1.807, 2.05) is 0 Å². The lowest BCUT2D eigenvalue weighted by atomic mass is 9.68. The van der Waals surface area contributed by atoms with Crippen LogP contribution < -0.4 is 5.32 Å². The molecule has 1 unspecified atom stereocenters. The van der Waals surface area contributed by atoms with Crippen molar-refractivity contribution in [2.45, 2.75) is 57.9 Å². The van der Waals surface area contributed by atoms with Gasteiger partial charge in [0.1, 0.15) is 0 Å². The Kier molecular flexibility index (Phi) is 5.07. The SMILES string of the molecule is Cc1ccc(C(=O)NC2C(C)(C)[C@@H]3CC[C@@]2(C)C3)cc1S(=O)(=O)N1CCOCC1. The van der Waals surface area contributed by atoms with Crippen molar-refractivity contribution in [3.8, 4) is 0 Å². The van der Waals surface area contributed by atoms with Gasteiger partial charge in [0.25, 0.3) is 5.91 Å². The van der Waals surface area contributed by atoms with Crippen molar-refractivity contribution >= 4 is 15.9 Å². The molecule has 2 bridgehead atoms. The molecule has 1 aliphatic heterocycles. The summed E-state index contributed by atoms with van der Waals surface area (Å²) in [5.74, 6) is 0.448. The Hall–Kier alpha value is -1.44. The summed E-state index contributed by atoms with van der Waals surface area (Å²) in [6, 6.07) is 5.10. The first-order valence-electron chi connectivity index (χ1n) is 10.6. The van der Waals surface area contributed by atoms with E-state index in [0.29, 0.717) is 43.3 Å². The molecule has 6 nitrogen and oxygen atoms in total.